The molecule has 60 valence electrons. The van der Waals surface area contributed by atoms with Crippen LogP contribution in [0.2, 0.25) is 0 Å². The summed E-state index contributed by atoms with van der Waals surface area (Å²) >= 11 is 0. The second-order valence-corrected chi connectivity index (χ2v) is 2.27. The zero-order valence-corrected chi connectivity index (χ0v) is 6.00. The van der Waals surface area contributed by atoms with Gasteiger partial charge in [-0.05, 0) is 6.92 Å². The molecule has 0 aromatic carbocycles. The molecule has 5 nitrogen and oxygen atoms in total. The molecule has 1 aliphatic heterocycles. The summed E-state index contributed by atoms with van der Waals surface area (Å²) in [7, 11) is 0. The summed E-state index contributed by atoms with van der Waals surface area (Å²) in [6.45, 7) is 1.06. The van der Waals surface area contributed by atoms with Crippen LogP contribution in [0.15, 0.2) is 4.99 Å². The predicted molar refractivity (Wildman–Crippen MR) is 36.8 cm³/mol. The summed E-state index contributed by atoms with van der Waals surface area (Å²) in [5.74, 6) is -1.62. The average molecular weight is 156 g/mol. The van der Waals surface area contributed by atoms with Crippen LogP contribution in [0.5, 0.6) is 0 Å². The fourth-order valence-electron chi connectivity index (χ4n) is 0.695. The quantitative estimate of drug-likeness (QED) is 0.461. The molecule has 0 spiro atoms. The lowest BCUT2D eigenvalue weighted by atomic mass is 10.1. The normalized spacial score (nSPS) is 24.5. The van der Waals surface area contributed by atoms with Gasteiger partial charge in [-0.3, -0.25) is 9.59 Å². The number of nitrogens with one attached hydrogen (secondary N) is 1. The first-order valence-corrected chi connectivity index (χ1v) is 3.18. The van der Waals surface area contributed by atoms with Crippen molar-refractivity contribution in [3.05, 3.63) is 0 Å². The van der Waals surface area contributed by atoms with Gasteiger partial charge in [0.05, 0.1) is 0 Å². The number of rotatable bonds is 1. The number of carbonyl (C=O) groups excluding carboxylic acids is 2. The highest BCUT2D eigenvalue weighted by Crippen LogP contribution is 2.02. The highest BCUT2D eigenvalue weighted by atomic mass is 16.3. The zero-order valence-electron chi connectivity index (χ0n) is 6.00. The van der Waals surface area contributed by atoms with Gasteiger partial charge in [-0.2, -0.15) is 4.99 Å². The Bertz CT molecular complexity index is 234. The second-order valence-electron chi connectivity index (χ2n) is 2.27. The van der Waals surface area contributed by atoms with E-state index in [2.05, 4.69) is 10.3 Å². The molecule has 1 heterocycles. The van der Waals surface area contributed by atoms with Crippen molar-refractivity contribution in [2.45, 2.75) is 6.92 Å². The number of hydrogen-bond donors (Lipinski definition) is 2. The maximum Gasteiger partial charge on any atom is 0.259 e. The fraction of sp³-hybridized carbons (Fsp3) is 0.500. The largest absolute Gasteiger partial charge is 0.388 e. The van der Waals surface area contributed by atoms with Gasteiger partial charge in [0.2, 0.25) is 5.91 Å². The first-order valence-electron chi connectivity index (χ1n) is 3.18. The number of carbonyl (C=O) groups is 2. The van der Waals surface area contributed by atoms with Crippen molar-refractivity contribution in [3.63, 3.8) is 0 Å². The van der Waals surface area contributed by atoms with E-state index in [4.69, 9.17) is 5.11 Å². The average Bonchev–Trinajstić information content (AvgIpc) is 1.99. The molecule has 0 bridgehead atoms. The van der Waals surface area contributed by atoms with Crippen LogP contribution in [-0.4, -0.2) is 29.4 Å². The highest BCUT2D eigenvalue weighted by molar-refractivity contribution is 6.15. The highest BCUT2D eigenvalue weighted by Gasteiger charge is 2.26. The molecule has 1 aliphatic rings. The molecule has 11 heavy (non-hydrogen) atoms. The van der Waals surface area contributed by atoms with Crippen molar-refractivity contribution in [3.8, 4) is 0 Å². The van der Waals surface area contributed by atoms with Gasteiger partial charge < -0.3 is 10.4 Å². The third-order valence-electron chi connectivity index (χ3n) is 1.43. The molecule has 1 rings (SSSR count). The number of aliphatic hydroxyl groups is 1. The Labute approximate surface area is 63.1 Å². The monoisotopic (exact) mass is 156 g/mol. The summed E-state index contributed by atoms with van der Waals surface area (Å²) in [5.41, 5.74) is 0. The van der Waals surface area contributed by atoms with Crippen LogP contribution < -0.4 is 5.32 Å². The molecule has 0 aliphatic carbocycles. The number of nitrogens with zero attached hydrogens (tertiary/aromatic N) is 1. The van der Waals surface area contributed by atoms with Gasteiger partial charge in [-0.15, -0.1) is 0 Å². The van der Waals surface area contributed by atoms with Crippen molar-refractivity contribution in [2.24, 2.45) is 10.9 Å². The van der Waals surface area contributed by atoms with Crippen molar-refractivity contribution in [1.29, 1.82) is 0 Å². The molecular formula is C6H8N2O3. The maximum absolute atomic E-state index is 10.8. The fourth-order valence-corrected chi connectivity index (χ4v) is 0.695. The van der Waals surface area contributed by atoms with Crippen molar-refractivity contribution >= 4 is 17.6 Å². The van der Waals surface area contributed by atoms with Crippen molar-refractivity contribution in [2.75, 3.05) is 6.61 Å². The van der Waals surface area contributed by atoms with E-state index >= 15 is 0 Å². The van der Waals surface area contributed by atoms with Gasteiger partial charge in [0.1, 0.15) is 18.4 Å². The van der Waals surface area contributed by atoms with Gasteiger partial charge in [0, 0.05) is 0 Å². The number of hydrogen-bond acceptors (Lipinski definition) is 3. The van der Waals surface area contributed by atoms with Crippen LogP contribution in [0.25, 0.3) is 0 Å². The Morgan fingerprint density at radius 2 is 2.27 bits per heavy atom. The Kier molecular flexibility index (Phi) is 2.00. The number of aliphatic imine (C=N–C) groups is 1. The van der Waals surface area contributed by atoms with Crippen LogP contribution >= 0.6 is 0 Å². The Balaban J connectivity index is 2.85. The van der Waals surface area contributed by atoms with Crippen molar-refractivity contribution < 1.29 is 14.7 Å². The van der Waals surface area contributed by atoms with Gasteiger partial charge >= 0.3 is 0 Å². The second kappa shape index (κ2) is 2.79. The Morgan fingerprint density at radius 3 is 2.73 bits per heavy atom. The minimum absolute atomic E-state index is 0.0260. The van der Waals surface area contributed by atoms with Crippen LogP contribution in [0.1, 0.15) is 6.92 Å². The van der Waals surface area contributed by atoms with Gasteiger partial charge in [-0.25, -0.2) is 0 Å². The number of amides is 2. The van der Waals surface area contributed by atoms with Crippen LogP contribution in [-0.2, 0) is 9.59 Å². The van der Waals surface area contributed by atoms with Gasteiger partial charge in [0.15, 0.2) is 0 Å². The van der Waals surface area contributed by atoms with Gasteiger partial charge in [0.25, 0.3) is 5.91 Å². The lowest BCUT2D eigenvalue weighted by Crippen LogP contribution is -2.44. The molecule has 5 heteroatoms. The topological polar surface area (TPSA) is 78.8 Å². The molecule has 1 atom stereocenters. The van der Waals surface area contributed by atoms with E-state index in [0.717, 1.165) is 0 Å². The molecule has 2 amide bonds. The summed E-state index contributed by atoms with van der Waals surface area (Å²) < 4.78 is 0. The van der Waals surface area contributed by atoms with E-state index in [1.807, 2.05) is 0 Å². The molecule has 0 aromatic rings. The zero-order chi connectivity index (χ0) is 8.43. The number of amidine groups is 1. The van der Waals surface area contributed by atoms with Gasteiger partial charge in [-0.1, -0.05) is 0 Å². The first kappa shape index (κ1) is 7.87. The minimum atomic E-state index is -0.731. The molecular weight excluding hydrogens is 148 g/mol. The summed E-state index contributed by atoms with van der Waals surface area (Å²) in [6.07, 6.45) is 0. The standard InChI is InChI=1S/C6H8N2O3/c1-3-5(10)7-4(2-9)8-6(3)11/h3,9H,2H2,1H3,(H,7,8,10,11). The van der Waals surface area contributed by atoms with Crippen molar-refractivity contribution in [1.82, 2.24) is 5.32 Å². The summed E-state index contributed by atoms with van der Waals surface area (Å²) in [4.78, 5) is 25.1. The SMILES string of the molecule is CC1C(=O)N=C(CO)NC1=O. The van der Waals surface area contributed by atoms with E-state index in [0.29, 0.717) is 0 Å². The Hall–Kier alpha value is -1.23. The predicted octanol–water partition coefficient (Wildman–Crippen LogP) is -1.33. The third kappa shape index (κ3) is 1.43. The lowest BCUT2D eigenvalue weighted by Gasteiger charge is -2.14. The lowest BCUT2D eigenvalue weighted by molar-refractivity contribution is -0.132. The van der Waals surface area contributed by atoms with Crippen LogP contribution in [0.4, 0.5) is 0 Å². The molecule has 0 saturated carbocycles. The minimum Gasteiger partial charge on any atom is -0.388 e. The van der Waals surface area contributed by atoms with Crippen LogP contribution in [0.3, 0.4) is 0 Å². The van der Waals surface area contributed by atoms with E-state index in [9.17, 15) is 9.59 Å². The first-order chi connectivity index (χ1) is 5.15. The van der Waals surface area contributed by atoms with E-state index in [-0.39, 0.29) is 5.84 Å². The number of aliphatic hydroxyl groups excluding tert-OH is 1. The Morgan fingerprint density at radius 1 is 1.64 bits per heavy atom. The smallest absolute Gasteiger partial charge is 0.259 e. The van der Waals surface area contributed by atoms with E-state index < -0.39 is 24.3 Å². The third-order valence-corrected chi connectivity index (χ3v) is 1.43. The molecule has 0 saturated heterocycles. The molecule has 1 unspecified atom stereocenters. The molecule has 2 N–H and O–H groups in total. The van der Waals surface area contributed by atoms with E-state index in [1.54, 1.807) is 0 Å². The van der Waals surface area contributed by atoms with Crippen LogP contribution in [0, 0.1) is 5.92 Å². The van der Waals surface area contributed by atoms with E-state index in [1.165, 1.54) is 6.92 Å². The molecule has 0 fully saturated rings. The molecule has 0 radical (unpaired) electrons. The summed E-state index contributed by atoms with van der Waals surface area (Å²) in [6, 6.07) is 0. The summed E-state index contributed by atoms with van der Waals surface area (Å²) in [5, 5.41) is 10.8. The molecule has 0 aromatic heterocycles. The maximum atomic E-state index is 10.8.